The monoisotopic (exact) mass is 281 g/mol. The van der Waals surface area contributed by atoms with Crippen molar-refractivity contribution < 1.29 is 9.72 Å². The Morgan fingerprint density at radius 3 is 2.79 bits per heavy atom. The number of amides is 1. The maximum Gasteiger partial charge on any atom is 0.271 e. The van der Waals surface area contributed by atoms with E-state index in [0.29, 0.717) is 11.3 Å². The van der Waals surface area contributed by atoms with E-state index in [1.165, 1.54) is 12.1 Å². The van der Waals surface area contributed by atoms with E-state index < -0.39 is 4.92 Å². The number of nitro benzene ring substituents is 1. The molecule has 19 heavy (non-hydrogen) atoms. The Morgan fingerprint density at radius 2 is 2.26 bits per heavy atom. The summed E-state index contributed by atoms with van der Waals surface area (Å²) in [5, 5.41) is 16.1. The first-order valence-electron chi connectivity index (χ1n) is 5.34. The molecule has 2 N–H and O–H groups in total. The maximum atomic E-state index is 11.4. The Morgan fingerprint density at radius 1 is 1.58 bits per heavy atom. The van der Waals surface area contributed by atoms with Gasteiger partial charge in [-0.3, -0.25) is 14.9 Å². The van der Waals surface area contributed by atoms with Gasteiger partial charge in [0.05, 0.1) is 28.7 Å². The van der Waals surface area contributed by atoms with Crippen LogP contribution < -0.4 is 10.6 Å². The molecule has 0 bridgehead atoms. The smallest absolute Gasteiger partial charge is 0.271 e. The van der Waals surface area contributed by atoms with E-state index in [2.05, 4.69) is 16.6 Å². The molecule has 1 amide bonds. The van der Waals surface area contributed by atoms with Crippen LogP contribution in [0.25, 0.3) is 0 Å². The zero-order valence-corrected chi connectivity index (χ0v) is 11.0. The Balaban J connectivity index is 2.77. The van der Waals surface area contributed by atoms with Gasteiger partial charge < -0.3 is 10.6 Å². The van der Waals surface area contributed by atoms with Crippen molar-refractivity contribution in [2.45, 2.75) is 6.92 Å². The molecule has 6 nitrogen and oxygen atoms in total. The summed E-state index contributed by atoms with van der Waals surface area (Å²) in [6, 6.07) is 2.61. The van der Waals surface area contributed by atoms with Crippen LogP contribution in [0.3, 0.4) is 0 Å². The molecule has 0 unspecified atom stereocenters. The highest BCUT2D eigenvalue weighted by Crippen LogP contribution is 2.30. The summed E-state index contributed by atoms with van der Waals surface area (Å²) < 4.78 is 0. The second-order valence-corrected chi connectivity index (χ2v) is 4.12. The zero-order chi connectivity index (χ0) is 14.4. The van der Waals surface area contributed by atoms with Crippen molar-refractivity contribution in [3.05, 3.63) is 32.8 Å². The molecule has 0 radical (unpaired) electrons. The summed E-state index contributed by atoms with van der Waals surface area (Å²) in [5.74, 6) is 1.99. The number of nitrogens with one attached hydrogen (secondary N) is 2. The van der Waals surface area contributed by atoms with Crippen molar-refractivity contribution in [3.63, 3.8) is 0 Å². The lowest BCUT2D eigenvalue weighted by Crippen LogP contribution is -2.30. The fraction of sp³-hybridized carbons (Fsp3) is 0.250. The van der Waals surface area contributed by atoms with Crippen molar-refractivity contribution in [1.82, 2.24) is 5.32 Å². The number of rotatable bonds is 5. The second-order valence-electron chi connectivity index (χ2n) is 3.71. The number of hydrogen-bond donors (Lipinski definition) is 2. The van der Waals surface area contributed by atoms with Crippen LogP contribution in [0.15, 0.2) is 12.1 Å². The third-order valence-electron chi connectivity index (χ3n) is 2.30. The summed E-state index contributed by atoms with van der Waals surface area (Å²) in [5.41, 5.74) is 0.983. The zero-order valence-electron chi connectivity index (χ0n) is 10.2. The third-order valence-corrected chi connectivity index (χ3v) is 2.59. The highest BCUT2D eigenvalue weighted by Gasteiger charge is 2.13. The molecule has 1 aromatic rings. The molecule has 100 valence electrons. The molecule has 0 aliphatic carbocycles. The van der Waals surface area contributed by atoms with Crippen molar-refractivity contribution >= 4 is 28.9 Å². The van der Waals surface area contributed by atoms with Gasteiger partial charge in [0.15, 0.2) is 0 Å². The van der Waals surface area contributed by atoms with Gasteiger partial charge in [-0.05, 0) is 12.5 Å². The number of halogens is 1. The van der Waals surface area contributed by atoms with Crippen molar-refractivity contribution in [2.75, 3.05) is 18.4 Å². The number of nitrogens with zero attached hydrogens (tertiary/aromatic N) is 1. The molecule has 1 aromatic carbocycles. The van der Waals surface area contributed by atoms with E-state index >= 15 is 0 Å². The minimum Gasteiger partial charge on any atom is -0.375 e. The molecule has 0 aliphatic rings. The molecule has 0 spiro atoms. The number of non-ortho nitro benzene ring substituents is 1. The summed E-state index contributed by atoms with van der Waals surface area (Å²) in [6.45, 7) is 1.80. The number of terminal acetylenes is 1. The van der Waals surface area contributed by atoms with Crippen LogP contribution in [0.5, 0.6) is 0 Å². The van der Waals surface area contributed by atoms with Gasteiger partial charge in [-0.15, -0.1) is 6.42 Å². The number of hydrogen-bond acceptors (Lipinski definition) is 4. The molecule has 0 fully saturated rings. The Bertz CT molecular complexity index is 529. The standard InChI is InChI=1S/C12H12ClN3O3/c1-3-4-14-11(17)7-15-12-8(2)5-9(16(18)19)6-10(12)13/h1,5-6,15H,4,7H2,2H3,(H,14,17). The van der Waals surface area contributed by atoms with Gasteiger partial charge in [-0.2, -0.15) is 0 Å². The van der Waals surface area contributed by atoms with Gasteiger partial charge in [-0.1, -0.05) is 17.5 Å². The number of nitro groups is 1. The van der Waals surface area contributed by atoms with Gasteiger partial charge in [-0.25, -0.2) is 0 Å². The second kappa shape index (κ2) is 6.61. The first-order chi connectivity index (χ1) is 8.95. The highest BCUT2D eigenvalue weighted by atomic mass is 35.5. The average Bonchev–Trinajstić information content (AvgIpc) is 2.34. The number of benzene rings is 1. The van der Waals surface area contributed by atoms with Crippen LogP contribution in [-0.4, -0.2) is 23.9 Å². The molecule has 0 saturated carbocycles. The van der Waals surface area contributed by atoms with Crippen molar-refractivity contribution in [2.24, 2.45) is 0 Å². The third kappa shape index (κ3) is 4.16. The molecule has 0 atom stereocenters. The fourth-order valence-corrected chi connectivity index (χ4v) is 1.76. The lowest BCUT2D eigenvalue weighted by molar-refractivity contribution is -0.384. The summed E-state index contributed by atoms with van der Waals surface area (Å²) in [6.07, 6.45) is 5.01. The summed E-state index contributed by atoms with van der Waals surface area (Å²) in [4.78, 5) is 21.5. The van der Waals surface area contributed by atoms with Gasteiger partial charge >= 0.3 is 0 Å². The van der Waals surface area contributed by atoms with E-state index in [-0.39, 0.29) is 29.7 Å². The predicted octanol–water partition coefficient (Wildman–Crippen LogP) is 1.72. The van der Waals surface area contributed by atoms with E-state index in [0.717, 1.165) is 0 Å². The minimum absolute atomic E-state index is 0.0138. The molecular formula is C12H12ClN3O3. The SMILES string of the molecule is C#CCNC(=O)CNc1c(C)cc([N+](=O)[O-])cc1Cl. The van der Waals surface area contributed by atoms with Crippen LogP contribution in [0.2, 0.25) is 5.02 Å². The highest BCUT2D eigenvalue weighted by molar-refractivity contribution is 6.33. The summed E-state index contributed by atoms with van der Waals surface area (Å²) in [7, 11) is 0. The number of aryl methyl sites for hydroxylation is 1. The van der Waals surface area contributed by atoms with E-state index in [9.17, 15) is 14.9 Å². The number of carbonyl (C=O) groups is 1. The fourth-order valence-electron chi connectivity index (χ4n) is 1.44. The van der Waals surface area contributed by atoms with Gasteiger partial charge in [0, 0.05) is 12.1 Å². The quantitative estimate of drug-likeness (QED) is 0.489. The molecule has 0 aliphatic heterocycles. The predicted molar refractivity (Wildman–Crippen MR) is 73.2 cm³/mol. The average molecular weight is 282 g/mol. The van der Waals surface area contributed by atoms with Crippen LogP contribution in [0, 0.1) is 29.4 Å². The molecule has 0 heterocycles. The molecule has 0 aromatic heterocycles. The molecular weight excluding hydrogens is 270 g/mol. The summed E-state index contributed by atoms with van der Waals surface area (Å²) >= 11 is 5.94. The lowest BCUT2D eigenvalue weighted by Gasteiger charge is -2.11. The van der Waals surface area contributed by atoms with Crippen LogP contribution in [0.1, 0.15) is 5.56 Å². The first kappa shape index (κ1) is 14.8. The Kier molecular flexibility index (Phi) is 5.15. The largest absolute Gasteiger partial charge is 0.375 e. The first-order valence-corrected chi connectivity index (χ1v) is 5.72. The van der Waals surface area contributed by atoms with E-state index in [1.54, 1.807) is 6.92 Å². The normalized spacial score (nSPS) is 9.53. The molecule has 0 saturated heterocycles. The number of carbonyl (C=O) groups excluding carboxylic acids is 1. The molecule has 7 heteroatoms. The Hall–Kier alpha value is -2.26. The van der Waals surface area contributed by atoms with Gasteiger partial charge in [0.25, 0.3) is 5.69 Å². The molecule has 1 rings (SSSR count). The van der Waals surface area contributed by atoms with Gasteiger partial charge in [0.2, 0.25) is 5.91 Å². The minimum atomic E-state index is -0.526. The van der Waals surface area contributed by atoms with E-state index in [4.69, 9.17) is 18.0 Å². The number of anilines is 1. The Labute approximate surface area is 115 Å². The van der Waals surface area contributed by atoms with Crippen molar-refractivity contribution in [3.8, 4) is 12.3 Å². The topological polar surface area (TPSA) is 84.3 Å². The van der Waals surface area contributed by atoms with Crippen molar-refractivity contribution in [1.29, 1.82) is 0 Å². The van der Waals surface area contributed by atoms with E-state index in [1.807, 2.05) is 0 Å². The van der Waals surface area contributed by atoms with Crippen LogP contribution in [-0.2, 0) is 4.79 Å². The van der Waals surface area contributed by atoms with Crippen LogP contribution >= 0.6 is 11.6 Å². The lowest BCUT2D eigenvalue weighted by atomic mass is 10.1. The maximum absolute atomic E-state index is 11.4. The van der Waals surface area contributed by atoms with Crippen LogP contribution in [0.4, 0.5) is 11.4 Å². The van der Waals surface area contributed by atoms with Gasteiger partial charge in [0.1, 0.15) is 0 Å².